The van der Waals surface area contributed by atoms with Crippen LogP contribution in [0.3, 0.4) is 0 Å². The zero-order chi connectivity index (χ0) is 28.2. The molecular formula is C29H45N5O4. The molecule has 1 aromatic carbocycles. The molecule has 0 saturated carbocycles. The van der Waals surface area contributed by atoms with Crippen LogP contribution in [0.4, 0.5) is 5.69 Å². The number of amides is 3. The van der Waals surface area contributed by atoms with E-state index in [1.165, 1.54) is 0 Å². The van der Waals surface area contributed by atoms with Gasteiger partial charge < -0.3 is 25.8 Å². The number of hydrogen-bond donors (Lipinski definition) is 2. The highest BCUT2D eigenvalue weighted by Gasteiger charge is 2.52. The Kier molecular flexibility index (Phi) is 9.57. The molecular weight excluding hydrogens is 482 g/mol. The second kappa shape index (κ2) is 12.3. The standard InChI is InChI=1S/C29H45N5O4/c1-7-32(8-2)21-11-9-20(10-12-21)27(37)31-15-13-19(3)17-24(36)33-16-14-22-25(33)23(35)18-34(22)28(38)26(30)29(4,5)6/h9-12,19,22,25-26H,7-8,13-18,30H2,1-6H3,(H,31,37). The number of anilines is 1. The van der Waals surface area contributed by atoms with Crippen LogP contribution in [-0.2, 0) is 14.4 Å². The lowest BCUT2D eigenvalue weighted by atomic mass is 9.86. The van der Waals surface area contributed by atoms with Crippen molar-refractivity contribution in [3.63, 3.8) is 0 Å². The molecule has 2 aliphatic heterocycles. The van der Waals surface area contributed by atoms with Gasteiger partial charge in [0.1, 0.15) is 6.04 Å². The number of carbonyl (C=O) groups is 4. The van der Waals surface area contributed by atoms with Crippen molar-refractivity contribution in [2.75, 3.05) is 37.6 Å². The number of nitrogens with one attached hydrogen (secondary N) is 1. The molecule has 0 radical (unpaired) electrons. The third-order valence-corrected chi connectivity index (χ3v) is 7.93. The highest BCUT2D eigenvalue weighted by molar-refractivity contribution is 5.98. The Hall–Kier alpha value is -2.94. The number of nitrogens with two attached hydrogens (primary N) is 1. The van der Waals surface area contributed by atoms with E-state index in [9.17, 15) is 19.2 Å². The maximum absolute atomic E-state index is 13.1. The number of ketones is 1. The number of nitrogens with zero attached hydrogens (tertiary/aromatic N) is 3. The molecule has 2 saturated heterocycles. The normalized spacial score (nSPS) is 20.8. The van der Waals surface area contributed by atoms with E-state index in [1.807, 2.05) is 52.0 Å². The van der Waals surface area contributed by atoms with Crippen LogP contribution in [0.2, 0.25) is 0 Å². The largest absolute Gasteiger partial charge is 0.372 e. The predicted octanol–water partition coefficient (Wildman–Crippen LogP) is 2.43. The number of Topliss-reactive ketones (excluding diaryl/α,β-unsaturated/α-hetero) is 1. The summed E-state index contributed by atoms with van der Waals surface area (Å²) in [6.45, 7) is 14.6. The van der Waals surface area contributed by atoms with E-state index in [0.717, 1.165) is 18.8 Å². The molecule has 0 aliphatic carbocycles. The van der Waals surface area contributed by atoms with Gasteiger partial charge in [-0.3, -0.25) is 19.2 Å². The lowest BCUT2D eigenvalue weighted by molar-refractivity contribution is -0.137. The molecule has 3 rings (SSSR count). The van der Waals surface area contributed by atoms with Crippen LogP contribution in [0, 0.1) is 11.3 Å². The Bertz CT molecular complexity index is 1010. The average molecular weight is 528 g/mol. The van der Waals surface area contributed by atoms with E-state index in [4.69, 9.17) is 5.73 Å². The fourth-order valence-corrected chi connectivity index (χ4v) is 5.40. The van der Waals surface area contributed by atoms with Crippen LogP contribution in [0.1, 0.15) is 71.2 Å². The Morgan fingerprint density at radius 2 is 1.74 bits per heavy atom. The first-order valence-electron chi connectivity index (χ1n) is 13.9. The molecule has 0 bridgehead atoms. The number of benzene rings is 1. The third kappa shape index (κ3) is 6.54. The van der Waals surface area contributed by atoms with Gasteiger partial charge in [-0.2, -0.15) is 0 Å². The quantitative estimate of drug-likeness (QED) is 0.483. The average Bonchev–Trinajstić information content (AvgIpc) is 3.45. The predicted molar refractivity (Wildman–Crippen MR) is 149 cm³/mol. The first-order valence-corrected chi connectivity index (χ1v) is 13.9. The highest BCUT2D eigenvalue weighted by atomic mass is 16.2. The van der Waals surface area contributed by atoms with Crippen molar-refractivity contribution in [3.05, 3.63) is 29.8 Å². The van der Waals surface area contributed by atoms with Crippen molar-refractivity contribution in [1.29, 1.82) is 0 Å². The molecule has 4 unspecified atom stereocenters. The number of hydrogen-bond acceptors (Lipinski definition) is 6. The van der Waals surface area contributed by atoms with Crippen molar-refractivity contribution >= 4 is 29.2 Å². The van der Waals surface area contributed by atoms with Crippen LogP contribution in [0.5, 0.6) is 0 Å². The lowest BCUT2D eigenvalue weighted by Crippen LogP contribution is -2.52. The van der Waals surface area contributed by atoms with E-state index in [-0.39, 0.29) is 42.0 Å². The summed E-state index contributed by atoms with van der Waals surface area (Å²) in [6.07, 6.45) is 1.53. The van der Waals surface area contributed by atoms with Crippen LogP contribution in [0.15, 0.2) is 24.3 Å². The summed E-state index contributed by atoms with van der Waals surface area (Å²) >= 11 is 0. The van der Waals surface area contributed by atoms with Crippen LogP contribution >= 0.6 is 0 Å². The number of carbonyl (C=O) groups excluding carboxylic acids is 4. The fourth-order valence-electron chi connectivity index (χ4n) is 5.40. The molecule has 3 amide bonds. The summed E-state index contributed by atoms with van der Waals surface area (Å²) in [4.78, 5) is 57.0. The Labute approximate surface area is 227 Å². The Balaban J connectivity index is 1.48. The van der Waals surface area contributed by atoms with E-state index < -0.39 is 17.5 Å². The third-order valence-electron chi connectivity index (χ3n) is 7.93. The van der Waals surface area contributed by atoms with Gasteiger partial charge in [-0.15, -0.1) is 0 Å². The molecule has 1 aromatic rings. The summed E-state index contributed by atoms with van der Waals surface area (Å²) in [5.74, 6) is -0.491. The number of fused-ring (bicyclic) bond motifs is 1. The first kappa shape index (κ1) is 29.6. The minimum atomic E-state index is -0.700. The van der Waals surface area contributed by atoms with E-state index in [0.29, 0.717) is 37.9 Å². The molecule has 2 aliphatic rings. The van der Waals surface area contributed by atoms with Crippen LogP contribution < -0.4 is 16.0 Å². The second-order valence-electron chi connectivity index (χ2n) is 11.7. The van der Waals surface area contributed by atoms with Crippen molar-refractivity contribution in [2.45, 2.75) is 78.9 Å². The molecule has 2 fully saturated rings. The van der Waals surface area contributed by atoms with Gasteiger partial charge in [0.15, 0.2) is 5.78 Å². The summed E-state index contributed by atoms with van der Waals surface area (Å²) < 4.78 is 0. The monoisotopic (exact) mass is 527 g/mol. The van der Waals surface area contributed by atoms with Crippen LogP contribution in [0.25, 0.3) is 0 Å². The summed E-state index contributed by atoms with van der Waals surface area (Å²) in [5.41, 5.74) is 7.47. The lowest BCUT2D eigenvalue weighted by Gasteiger charge is -2.32. The summed E-state index contributed by atoms with van der Waals surface area (Å²) in [6, 6.07) is 6.01. The number of rotatable bonds is 10. The summed E-state index contributed by atoms with van der Waals surface area (Å²) in [7, 11) is 0. The van der Waals surface area contributed by atoms with Gasteiger partial charge in [0.25, 0.3) is 5.91 Å². The van der Waals surface area contributed by atoms with Gasteiger partial charge in [-0.05, 0) is 62.3 Å². The van der Waals surface area contributed by atoms with Crippen molar-refractivity contribution in [1.82, 2.24) is 15.1 Å². The van der Waals surface area contributed by atoms with E-state index >= 15 is 0 Å². The minimum Gasteiger partial charge on any atom is -0.372 e. The maximum Gasteiger partial charge on any atom is 0.251 e. The molecule has 0 spiro atoms. The van der Waals surface area contributed by atoms with Crippen molar-refractivity contribution in [2.24, 2.45) is 17.1 Å². The van der Waals surface area contributed by atoms with Crippen LogP contribution in [-0.4, -0.2) is 84.2 Å². The molecule has 9 nitrogen and oxygen atoms in total. The minimum absolute atomic E-state index is 0.0131. The topological polar surface area (TPSA) is 116 Å². The SMILES string of the molecule is CCN(CC)c1ccc(C(=O)NCCC(C)CC(=O)N2CCC3C2C(=O)CN3C(=O)C(N)C(C)(C)C)cc1. The van der Waals surface area contributed by atoms with Crippen molar-refractivity contribution in [3.8, 4) is 0 Å². The molecule has 9 heteroatoms. The van der Waals surface area contributed by atoms with Gasteiger partial charge in [-0.1, -0.05) is 27.7 Å². The Morgan fingerprint density at radius 1 is 1.11 bits per heavy atom. The molecule has 2 heterocycles. The molecule has 38 heavy (non-hydrogen) atoms. The molecule has 3 N–H and O–H groups in total. The fraction of sp³-hybridized carbons (Fsp3) is 0.655. The maximum atomic E-state index is 13.1. The van der Waals surface area contributed by atoms with Gasteiger partial charge in [0.05, 0.1) is 18.6 Å². The Morgan fingerprint density at radius 3 is 2.32 bits per heavy atom. The zero-order valence-corrected chi connectivity index (χ0v) is 23.8. The van der Waals surface area contributed by atoms with E-state index in [1.54, 1.807) is 9.80 Å². The van der Waals surface area contributed by atoms with Gasteiger partial charge in [0, 0.05) is 43.9 Å². The van der Waals surface area contributed by atoms with E-state index in [2.05, 4.69) is 24.1 Å². The summed E-state index contributed by atoms with van der Waals surface area (Å²) in [5, 5.41) is 2.95. The number of likely N-dealkylation sites (tertiary alicyclic amines) is 2. The molecule has 0 aromatic heterocycles. The first-order chi connectivity index (χ1) is 17.9. The highest BCUT2D eigenvalue weighted by Crippen LogP contribution is 2.32. The van der Waals surface area contributed by atoms with Crippen molar-refractivity contribution < 1.29 is 19.2 Å². The smallest absolute Gasteiger partial charge is 0.251 e. The second-order valence-corrected chi connectivity index (χ2v) is 11.7. The van der Waals surface area contributed by atoms with Gasteiger partial charge in [0.2, 0.25) is 11.8 Å². The molecule has 210 valence electrons. The van der Waals surface area contributed by atoms with Gasteiger partial charge >= 0.3 is 0 Å². The van der Waals surface area contributed by atoms with Gasteiger partial charge in [-0.25, -0.2) is 0 Å². The molecule has 4 atom stereocenters. The zero-order valence-electron chi connectivity index (χ0n) is 23.8.